The summed E-state index contributed by atoms with van der Waals surface area (Å²) in [5, 5.41) is 12.5. The number of nitrogen functional groups attached to an aromatic ring is 1. The lowest BCUT2D eigenvalue weighted by Crippen LogP contribution is -2.22. The zero-order valence-corrected chi connectivity index (χ0v) is 12.7. The molecule has 0 spiro atoms. The van der Waals surface area contributed by atoms with Gasteiger partial charge in [0.2, 0.25) is 5.16 Å². The highest BCUT2D eigenvalue weighted by atomic mass is 32.2. The maximum atomic E-state index is 12.2. The van der Waals surface area contributed by atoms with E-state index in [0.29, 0.717) is 22.4 Å². The molecule has 0 aliphatic heterocycles. The number of rotatable bonds is 4. The standard InChI is InChI=1S/C13H16N6OS/c1-18(2)12(20)10-6-3-8(14)7-11(10)21-13-15-16-17-19(13)9-4-5-9/h3,6-7,9H,4-5,14H2,1-2H3. The Morgan fingerprint density at radius 2 is 2.19 bits per heavy atom. The smallest absolute Gasteiger partial charge is 0.254 e. The molecule has 1 aliphatic rings. The summed E-state index contributed by atoms with van der Waals surface area (Å²) in [6.07, 6.45) is 2.19. The summed E-state index contributed by atoms with van der Waals surface area (Å²) in [6, 6.07) is 5.64. The van der Waals surface area contributed by atoms with Crippen LogP contribution in [0.25, 0.3) is 0 Å². The van der Waals surface area contributed by atoms with Crippen molar-refractivity contribution in [1.82, 2.24) is 25.1 Å². The summed E-state index contributed by atoms with van der Waals surface area (Å²) in [7, 11) is 3.45. The van der Waals surface area contributed by atoms with E-state index in [4.69, 9.17) is 5.73 Å². The van der Waals surface area contributed by atoms with Crippen LogP contribution in [-0.4, -0.2) is 45.1 Å². The number of hydrogen-bond acceptors (Lipinski definition) is 6. The fourth-order valence-electron chi connectivity index (χ4n) is 1.94. The molecule has 0 bridgehead atoms. The number of carbonyl (C=O) groups excluding carboxylic acids is 1. The topological polar surface area (TPSA) is 89.9 Å². The van der Waals surface area contributed by atoms with Crippen molar-refractivity contribution in [2.45, 2.75) is 28.9 Å². The van der Waals surface area contributed by atoms with Gasteiger partial charge in [0.1, 0.15) is 0 Å². The summed E-state index contributed by atoms with van der Waals surface area (Å²) in [4.78, 5) is 14.6. The largest absolute Gasteiger partial charge is 0.399 e. The van der Waals surface area contributed by atoms with Crippen molar-refractivity contribution in [3.8, 4) is 0 Å². The van der Waals surface area contributed by atoms with E-state index >= 15 is 0 Å². The summed E-state index contributed by atoms with van der Waals surface area (Å²) in [5.74, 6) is -0.0667. The van der Waals surface area contributed by atoms with Crippen LogP contribution in [-0.2, 0) is 0 Å². The third-order valence-electron chi connectivity index (χ3n) is 3.20. The van der Waals surface area contributed by atoms with E-state index in [9.17, 15) is 4.79 Å². The molecular weight excluding hydrogens is 288 g/mol. The highest BCUT2D eigenvalue weighted by molar-refractivity contribution is 7.99. The molecule has 1 fully saturated rings. The van der Waals surface area contributed by atoms with Gasteiger partial charge in [-0.15, -0.1) is 5.10 Å². The van der Waals surface area contributed by atoms with Crippen LogP contribution >= 0.6 is 11.8 Å². The molecule has 8 heteroatoms. The monoisotopic (exact) mass is 304 g/mol. The molecule has 2 N–H and O–H groups in total. The van der Waals surface area contributed by atoms with Crippen molar-refractivity contribution < 1.29 is 4.79 Å². The van der Waals surface area contributed by atoms with Gasteiger partial charge in [0.15, 0.2) is 0 Å². The van der Waals surface area contributed by atoms with Gasteiger partial charge in [0, 0.05) is 24.7 Å². The first-order valence-electron chi connectivity index (χ1n) is 6.63. The molecule has 7 nitrogen and oxygen atoms in total. The minimum Gasteiger partial charge on any atom is -0.399 e. The number of amides is 1. The second kappa shape index (κ2) is 5.36. The van der Waals surface area contributed by atoms with E-state index in [2.05, 4.69) is 15.5 Å². The van der Waals surface area contributed by atoms with E-state index in [1.54, 1.807) is 37.2 Å². The van der Waals surface area contributed by atoms with Crippen LogP contribution in [0, 0.1) is 0 Å². The van der Waals surface area contributed by atoms with Crippen LogP contribution in [0.5, 0.6) is 0 Å². The quantitative estimate of drug-likeness (QED) is 0.860. The summed E-state index contributed by atoms with van der Waals surface area (Å²) in [6.45, 7) is 0. The average molecular weight is 304 g/mol. The Hall–Kier alpha value is -2.09. The second-order valence-corrected chi connectivity index (χ2v) is 6.20. The minimum atomic E-state index is -0.0667. The van der Waals surface area contributed by atoms with Crippen LogP contribution < -0.4 is 5.73 Å². The number of hydrogen-bond donors (Lipinski definition) is 1. The summed E-state index contributed by atoms with van der Waals surface area (Å²) in [5.41, 5.74) is 7.06. The molecule has 0 radical (unpaired) electrons. The predicted molar refractivity (Wildman–Crippen MR) is 79.1 cm³/mol. The number of nitrogens with zero attached hydrogens (tertiary/aromatic N) is 5. The van der Waals surface area contributed by atoms with E-state index < -0.39 is 0 Å². The average Bonchev–Trinajstić information content (AvgIpc) is 3.19. The first-order valence-corrected chi connectivity index (χ1v) is 7.45. The summed E-state index contributed by atoms with van der Waals surface area (Å²) < 4.78 is 1.82. The molecule has 1 amide bonds. The van der Waals surface area contributed by atoms with Gasteiger partial charge in [-0.2, -0.15) is 0 Å². The molecule has 3 rings (SSSR count). The van der Waals surface area contributed by atoms with E-state index in [0.717, 1.165) is 17.7 Å². The van der Waals surface area contributed by atoms with Gasteiger partial charge in [-0.25, -0.2) is 4.68 Å². The molecule has 21 heavy (non-hydrogen) atoms. The normalized spacial score (nSPS) is 14.2. The van der Waals surface area contributed by atoms with Gasteiger partial charge in [-0.05, 0) is 53.2 Å². The first kappa shape index (κ1) is 13.9. The number of tetrazole rings is 1. The number of nitrogens with two attached hydrogens (primary N) is 1. The Morgan fingerprint density at radius 1 is 1.43 bits per heavy atom. The molecule has 2 aromatic rings. The first-order chi connectivity index (χ1) is 10.1. The van der Waals surface area contributed by atoms with Gasteiger partial charge >= 0.3 is 0 Å². The maximum Gasteiger partial charge on any atom is 0.254 e. The molecule has 0 saturated heterocycles. The Kier molecular flexibility index (Phi) is 3.54. The van der Waals surface area contributed by atoms with Gasteiger partial charge < -0.3 is 10.6 Å². The van der Waals surface area contributed by atoms with Crippen molar-refractivity contribution in [2.75, 3.05) is 19.8 Å². The van der Waals surface area contributed by atoms with Crippen molar-refractivity contribution in [2.24, 2.45) is 0 Å². The fraction of sp³-hybridized carbons (Fsp3) is 0.385. The van der Waals surface area contributed by atoms with E-state index in [-0.39, 0.29) is 5.91 Å². The van der Waals surface area contributed by atoms with Crippen LogP contribution in [0.3, 0.4) is 0 Å². The number of aromatic nitrogens is 4. The van der Waals surface area contributed by atoms with Crippen LogP contribution in [0.2, 0.25) is 0 Å². The van der Waals surface area contributed by atoms with Gasteiger partial charge in [-0.1, -0.05) is 0 Å². The molecule has 0 atom stereocenters. The SMILES string of the molecule is CN(C)C(=O)c1ccc(N)cc1Sc1nnnn1C1CC1. The Balaban J connectivity index is 1.95. The van der Waals surface area contributed by atoms with Gasteiger partial charge in [0.25, 0.3) is 5.91 Å². The van der Waals surface area contributed by atoms with Gasteiger partial charge in [0.05, 0.1) is 11.6 Å². The number of benzene rings is 1. The van der Waals surface area contributed by atoms with E-state index in [1.807, 2.05) is 4.68 Å². The van der Waals surface area contributed by atoms with Crippen LogP contribution in [0.4, 0.5) is 5.69 Å². The maximum absolute atomic E-state index is 12.2. The van der Waals surface area contributed by atoms with Gasteiger partial charge in [-0.3, -0.25) is 4.79 Å². The molecule has 1 saturated carbocycles. The third kappa shape index (κ3) is 2.85. The van der Waals surface area contributed by atoms with Crippen molar-refractivity contribution >= 4 is 23.4 Å². The lowest BCUT2D eigenvalue weighted by atomic mass is 10.2. The Morgan fingerprint density at radius 3 is 2.86 bits per heavy atom. The molecule has 1 aliphatic carbocycles. The molecule has 0 unspecified atom stereocenters. The third-order valence-corrected chi connectivity index (χ3v) is 4.21. The lowest BCUT2D eigenvalue weighted by Gasteiger charge is -2.14. The van der Waals surface area contributed by atoms with Crippen molar-refractivity contribution in [3.63, 3.8) is 0 Å². The Bertz CT molecular complexity index is 679. The van der Waals surface area contributed by atoms with Crippen molar-refractivity contribution in [1.29, 1.82) is 0 Å². The zero-order valence-electron chi connectivity index (χ0n) is 11.9. The Labute approximate surface area is 126 Å². The minimum absolute atomic E-state index is 0.0667. The molecule has 1 aromatic carbocycles. The lowest BCUT2D eigenvalue weighted by molar-refractivity contribution is 0.0824. The number of anilines is 1. The van der Waals surface area contributed by atoms with Crippen molar-refractivity contribution in [3.05, 3.63) is 23.8 Å². The molecule has 110 valence electrons. The number of carbonyl (C=O) groups is 1. The fourth-order valence-corrected chi connectivity index (χ4v) is 2.95. The van der Waals surface area contributed by atoms with Crippen LogP contribution in [0.15, 0.2) is 28.3 Å². The molecular formula is C13H16N6OS. The van der Waals surface area contributed by atoms with Crippen LogP contribution in [0.1, 0.15) is 29.2 Å². The molecule has 1 heterocycles. The zero-order chi connectivity index (χ0) is 15.0. The summed E-state index contributed by atoms with van der Waals surface area (Å²) >= 11 is 1.38. The highest BCUT2D eigenvalue weighted by Gasteiger charge is 2.28. The van der Waals surface area contributed by atoms with E-state index in [1.165, 1.54) is 11.8 Å². The predicted octanol–water partition coefficient (Wildman–Crippen LogP) is 1.44. The highest BCUT2D eigenvalue weighted by Crippen LogP contribution is 2.39. The second-order valence-electron chi connectivity index (χ2n) is 5.19. The molecule has 1 aromatic heterocycles.